The maximum absolute atomic E-state index is 12.0. The van der Waals surface area contributed by atoms with E-state index in [0.717, 1.165) is 0 Å². The van der Waals surface area contributed by atoms with Crippen LogP contribution in [-0.2, 0) is 4.79 Å². The van der Waals surface area contributed by atoms with E-state index in [1.54, 1.807) is 31.3 Å². The lowest BCUT2D eigenvalue weighted by atomic mass is 10.1. The quantitative estimate of drug-likeness (QED) is 0.869. The second kappa shape index (κ2) is 5.27. The Hall–Kier alpha value is -1.75. The summed E-state index contributed by atoms with van der Waals surface area (Å²) in [5.74, 6) is 1.16. The summed E-state index contributed by atoms with van der Waals surface area (Å²) >= 11 is 0. The van der Waals surface area contributed by atoms with Crippen molar-refractivity contribution >= 4 is 11.6 Å². The Bertz CT molecular complexity index is 424. The van der Waals surface area contributed by atoms with E-state index in [4.69, 9.17) is 14.6 Å². The van der Waals surface area contributed by atoms with Gasteiger partial charge in [0.1, 0.15) is 17.2 Å². The molecule has 5 nitrogen and oxygen atoms in total. The van der Waals surface area contributed by atoms with Gasteiger partial charge in [0.05, 0.1) is 14.2 Å². The smallest absolute Gasteiger partial charge is 0.227 e. The number of hydrogen-bond acceptors (Lipinski definition) is 4. The highest BCUT2D eigenvalue weighted by atomic mass is 16.5. The Labute approximate surface area is 106 Å². The fourth-order valence-electron chi connectivity index (χ4n) is 2.22. The molecular weight excluding hydrogens is 234 g/mol. The van der Waals surface area contributed by atoms with Crippen molar-refractivity contribution in [1.82, 2.24) is 0 Å². The highest BCUT2D eigenvalue weighted by Gasteiger charge is 2.33. The first-order valence-electron chi connectivity index (χ1n) is 5.83. The molecule has 1 heterocycles. The lowest BCUT2D eigenvalue weighted by Crippen LogP contribution is -2.26. The van der Waals surface area contributed by atoms with Crippen molar-refractivity contribution in [3.05, 3.63) is 18.2 Å². The first-order valence-corrected chi connectivity index (χ1v) is 5.83. The van der Waals surface area contributed by atoms with Gasteiger partial charge in [-0.3, -0.25) is 4.79 Å². The molecule has 98 valence electrons. The maximum atomic E-state index is 12.0. The summed E-state index contributed by atoms with van der Waals surface area (Å²) in [7, 11) is 3.12. The molecule has 2 rings (SSSR count). The molecule has 0 radical (unpaired) electrons. The second-order valence-electron chi connectivity index (χ2n) is 4.27. The van der Waals surface area contributed by atoms with Crippen LogP contribution in [0, 0.1) is 5.92 Å². The van der Waals surface area contributed by atoms with Crippen LogP contribution in [0.5, 0.6) is 11.5 Å². The fourth-order valence-corrected chi connectivity index (χ4v) is 2.22. The van der Waals surface area contributed by atoms with E-state index in [9.17, 15) is 4.79 Å². The minimum atomic E-state index is -0.0212. The number of aliphatic hydroxyl groups excluding tert-OH is 1. The Kier molecular flexibility index (Phi) is 3.72. The Morgan fingerprint density at radius 2 is 1.94 bits per heavy atom. The SMILES string of the molecule is COc1cccc(OC)c1N1CC(CO)CC1=O. The van der Waals surface area contributed by atoms with Crippen LogP contribution in [0.2, 0.25) is 0 Å². The number of rotatable bonds is 4. The molecule has 1 unspecified atom stereocenters. The maximum Gasteiger partial charge on any atom is 0.227 e. The van der Waals surface area contributed by atoms with E-state index in [1.165, 1.54) is 0 Å². The number of carbonyl (C=O) groups is 1. The molecule has 0 aliphatic carbocycles. The lowest BCUT2D eigenvalue weighted by molar-refractivity contribution is -0.117. The number of methoxy groups -OCH3 is 2. The van der Waals surface area contributed by atoms with E-state index in [0.29, 0.717) is 30.2 Å². The summed E-state index contributed by atoms with van der Waals surface area (Å²) in [4.78, 5) is 13.6. The van der Waals surface area contributed by atoms with Crippen LogP contribution in [0.3, 0.4) is 0 Å². The molecule has 1 fully saturated rings. The van der Waals surface area contributed by atoms with E-state index in [1.807, 2.05) is 6.07 Å². The largest absolute Gasteiger partial charge is 0.494 e. The summed E-state index contributed by atoms with van der Waals surface area (Å²) in [6.45, 7) is 0.506. The van der Waals surface area contributed by atoms with E-state index >= 15 is 0 Å². The van der Waals surface area contributed by atoms with Crippen molar-refractivity contribution in [2.24, 2.45) is 5.92 Å². The van der Waals surface area contributed by atoms with Gasteiger partial charge in [-0.2, -0.15) is 0 Å². The Morgan fingerprint density at radius 3 is 2.39 bits per heavy atom. The molecule has 1 N–H and O–H groups in total. The van der Waals surface area contributed by atoms with Gasteiger partial charge in [-0.1, -0.05) is 6.07 Å². The Balaban J connectivity index is 2.40. The third kappa shape index (κ3) is 2.13. The minimum Gasteiger partial charge on any atom is -0.494 e. The van der Waals surface area contributed by atoms with Crippen molar-refractivity contribution in [1.29, 1.82) is 0 Å². The van der Waals surface area contributed by atoms with Crippen molar-refractivity contribution in [2.75, 3.05) is 32.3 Å². The predicted molar refractivity (Wildman–Crippen MR) is 67.1 cm³/mol. The predicted octanol–water partition coefficient (Wildman–Crippen LogP) is 1.05. The van der Waals surface area contributed by atoms with Crippen LogP contribution < -0.4 is 14.4 Å². The van der Waals surface area contributed by atoms with Crippen LogP contribution in [0.25, 0.3) is 0 Å². The molecule has 1 aromatic carbocycles. The van der Waals surface area contributed by atoms with Crippen LogP contribution in [0.1, 0.15) is 6.42 Å². The summed E-state index contributed by atoms with van der Waals surface area (Å²) < 4.78 is 10.6. The number of benzene rings is 1. The van der Waals surface area contributed by atoms with Crippen molar-refractivity contribution in [3.63, 3.8) is 0 Å². The first-order chi connectivity index (χ1) is 8.71. The minimum absolute atomic E-state index is 0.0136. The zero-order chi connectivity index (χ0) is 13.1. The average molecular weight is 251 g/mol. The first kappa shape index (κ1) is 12.7. The molecule has 1 aliphatic heterocycles. The fraction of sp³-hybridized carbons (Fsp3) is 0.462. The van der Waals surface area contributed by atoms with Gasteiger partial charge in [0.2, 0.25) is 5.91 Å². The zero-order valence-electron chi connectivity index (χ0n) is 10.5. The van der Waals surface area contributed by atoms with Crippen LogP contribution in [0.4, 0.5) is 5.69 Å². The highest BCUT2D eigenvalue weighted by molar-refractivity contribution is 5.98. The molecule has 0 aromatic heterocycles. The molecule has 1 atom stereocenters. The van der Waals surface area contributed by atoms with Crippen molar-refractivity contribution in [3.8, 4) is 11.5 Å². The standard InChI is InChI=1S/C13H17NO4/c1-17-10-4-3-5-11(18-2)13(10)14-7-9(8-15)6-12(14)16/h3-5,9,15H,6-8H2,1-2H3. The van der Waals surface area contributed by atoms with E-state index in [2.05, 4.69) is 0 Å². The van der Waals surface area contributed by atoms with Crippen molar-refractivity contribution in [2.45, 2.75) is 6.42 Å². The highest BCUT2D eigenvalue weighted by Crippen LogP contribution is 2.40. The van der Waals surface area contributed by atoms with E-state index < -0.39 is 0 Å². The number of para-hydroxylation sites is 1. The van der Waals surface area contributed by atoms with E-state index in [-0.39, 0.29) is 18.4 Å². The lowest BCUT2D eigenvalue weighted by Gasteiger charge is -2.21. The number of carbonyl (C=O) groups excluding carboxylic acids is 1. The van der Waals surface area contributed by atoms with Gasteiger partial charge < -0.3 is 19.5 Å². The third-order valence-corrected chi connectivity index (χ3v) is 3.14. The molecule has 0 spiro atoms. The molecule has 1 amide bonds. The number of amides is 1. The van der Waals surface area contributed by atoms with Crippen LogP contribution in [-0.4, -0.2) is 38.4 Å². The summed E-state index contributed by atoms with van der Waals surface area (Å²) in [5, 5.41) is 9.16. The zero-order valence-corrected chi connectivity index (χ0v) is 10.5. The second-order valence-corrected chi connectivity index (χ2v) is 4.27. The molecule has 1 aromatic rings. The molecule has 0 bridgehead atoms. The van der Waals surface area contributed by atoms with Gasteiger partial charge in [-0.25, -0.2) is 0 Å². The molecule has 0 saturated carbocycles. The average Bonchev–Trinajstić information content (AvgIpc) is 2.78. The molecule has 1 aliphatic rings. The van der Waals surface area contributed by atoms with Gasteiger partial charge in [-0.15, -0.1) is 0 Å². The number of nitrogens with zero attached hydrogens (tertiary/aromatic N) is 1. The number of aliphatic hydroxyl groups is 1. The normalized spacial score (nSPS) is 19.2. The van der Waals surface area contributed by atoms with Gasteiger partial charge in [-0.05, 0) is 12.1 Å². The summed E-state index contributed by atoms with van der Waals surface area (Å²) in [6.07, 6.45) is 0.359. The Morgan fingerprint density at radius 1 is 1.33 bits per heavy atom. The van der Waals surface area contributed by atoms with Crippen LogP contribution >= 0.6 is 0 Å². The van der Waals surface area contributed by atoms with Gasteiger partial charge in [0.15, 0.2) is 0 Å². The third-order valence-electron chi connectivity index (χ3n) is 3.14. The van der Waals surface area contributed by atoms with Gasteiger partial charge in [0.25, 0.3) is 0 Å². The van der Waals surface area contributed by atoms with Gasteiger partial charge >= 0.3 is 0 Å². The molecule has 1 saturated heterocycles. The molecule has 18 heavy (non-hydrogen) atoms. The summed E-state index contributed by atoms with van der Waals surface area (Å²) in [5.41, 5.74) is 0.642. The molecular formula is C13H17NO4. The number of anilines is 1. The monoisotopic (exact) mass is 251 g/mol. The number of hydrogen-bond donors (Lipinski definition) is 1. The molecule has 5 heteroatoms. The topological polar surface area (TPSA) is 59.0 Å². The van der Waals surface area contributed by atoms with Crippen LogP contribution in [0.15, 0.2) is 18.2 Å². The summed E-state index contributed by atoms with van der Waals surface area (Å²) in [6, 6.07) is 5.39. The van der Waals surface area contributed by atoms with Crippen molar-refractivity contribution < 1.29 is 19.4 Å². The number of ether oxygens (including phenoxy) is 2. The van der Waals surface area contributed by atoms with Gasteiger partial charge in [0, 0.05) is 25.5 Å².